The van der Waals surface area contributed by atoms with Crippen LogP contribution >= 0.6 is 0 Å². The van der Waals surface area contributed by atoms with Gasteiger partial charge in [0.25, 0.3) is 0 Å². The molecule has 3 heteroatoms. The summed E-state index contributed by atoms with van der Waals surface area (Å²) in [5.41, 5.74) is 2.73. The van der Waals surface area contributed by atoms with Gasteiger partial charge in [0.15, 0.2) is 0 Å². The van der Waals surface area contributed by atoms with E-state index in [-0.39, 0.29) is 5.92 Å². The van der Waals surface area contributed by atoms with E-state index in [1.54, 1.807) is 0 Å². The average Bonchev–Trinajstić information content (AvgIpc) is 2.91. The topological polar surface area (TPSA) is 32.3 Å². The van der Waals surface area contributed by atoms with E-state index < -0.39 is 0 Å². The zero-order valence-electron chi connectivity index (χ0n) is 12.5. The summed E-state index contributed by atoms with van der Waals surface area (Å²) in [6.45, 7) is 7.19. The molecule has 1 amide bonds. The molecule has 2 aliphatic rings. The molecule has 0 bridgehead atoms. The molecule has 1 saturated heterocycles. The minimum absolute atomic E-state index is 0.0113. The number of benzene rings is 1. The highest BCUT2D eigenvalue weighted by atomic mass is 16.2. The SMILES string of the molecule is CCC1(C)CCN(C(=O)C2CNc3ccccc32)CC1. The molecule has 0 aliphatic carbocycles. The first-order valence-corrected chi connectivity index (χ1v) is 7.74. The Balaban J connectivity index is 1.70. The fourth-order valence-electron chi connectivity index (χ4n) is 3.35. The Hall–Kier alpha value is -1.51. The first-order valence-electron chi connectivity index (χ1n) is 7.74. The van der Waals surface area contributed by atoms with Gasteiger partial charge >= 0.3 is 0 Å². The van der Waals surface area contributed by atoms with Gasteiger partial charge in [-0.1, -0.05) is 38.5 Å². The lowest BCUT2D eigenvalue weighted by molar-refractivity contribution is -0.134. The second-order valence-corrected chi connectivity index (χ2v) is 6.51. The second kappa shape index (κ2) is 5.12. The number of likely N-dealkylation sites (tertiary alicyclic amines) is 1. The third kappa shape index (κ3) is 2.30. The summed E-state index contributed by atoms with van der Waals surface area (Å²) in [5, 5.41) is 3.35. The van der Waals surface area contributed by atoms with Gasteiger partial charge in [-0.15, -0.1) is 0 Å². The van der Waals surface area contributed by atoms with Crippen molar-refractivity contribution in [2.75, 3.05) is 25.0 Å². The maximum atomic E-state index is 12.7. The van der Waals surface area contributed by atoms with Crippen molar-refractivity contribution in [2.45, 2.75) is 39.0 Å². The predicted molar refractivity (Wildman–Crippen MR) is 81.9 cm³/mol. The van der Waals surface area contributed by atoms with E-state index in [2.05, 4.69) is 36.2 Å². The maximum Gasteiger partial charge on any atom is 0.231 e. The standard InChI is InChI=1S/C17H24N2O/c1-3-17(2)8-10-19(11-9-17)16(20)14-12-18-15-7-5-4-6-13(14)15/h4-7,14,18H,3,8-12H2,1-2H3. The Morgan fingerprint density at radius 2 is 2.05 bits per heavy atom. The molecule has 3 nitrogen and oxygen atoms in total. The Morgan fingerprint density at radius 1 is 1.35 bits per heavy atom. The number of para-hydroxylation sites is 1. The van der Waals surface area contributed by atoms with Gasteiger partial charge in [-0.25, -0.2) is 0 Å². The smallest absolute Gasteiger partial charge is 0.231 e. The van der Waals surface area contributed by atoms with Crippen molar-refractivity contribution >= 4 is 11.6 Å². The van der Waals surface area contributed by atoms with E-state index in [1.165, 1.54) is 12.0 Å². The van der Waals surface area contributed by atoms with Crippen LogP contribution in [0.5, 0.6) is 0 Å². The summed E-state index contributed by atoms with van der Waals surface area (Å²) >= 11 is 0. The molecule has 1 aromatic rings. The van der Waals surface area contributed by atoms with E-state index in [4.69, 9.17) is 0 Å². The molecule has 0 aromatic heterocycles. The van der Waals surface area contributed by atoms with Gasteiger partial charge in [0, 0.05) is 25.3 Å². The Labute approximate surface area is 121 Å². The summed E-state index contributed by atoms with van der Waals surface area (Å²) in [6.07, 6.45) is 3.48. The van der Waals surface area contributed by atoms with Gasteiger partial charge in [0.05, 0.1) is 5.92 Å². The molecule has 0 spiro atoms. The quantitative estimate of drug-likeness (QED) is 0.896. The molecule has 2 aliphatic heterocycles. The monoisotopic (exact) mass is 272 g/mol. The molecule has 2 heterocycles. The average molecular weight is 272 g/mol. The summed E-state index contributed by atoms with van der Waals surface area (Å²) in [4.78, 5) is 14.8. The lowest BCUT2D eigenvalue weighted by Gasteiger charge is -2.39. The highest BCUT2D eigenvalue weighted by Crippen LogP contribution is 2.37. The van der Waals surface area contributed by atoms with E-state index in [0.717, 1.165) is 38.2 Å². The van der Waals surface area contributed by atoms with Crippen LogP contribution in [0.4, 0.5) is 5.69 Å². The molecule has 1 aromatic carbocycles. The molecular weight excluding hydrogens is 248 g/mol. The van der Waals surface area contributed by atoms with Crippen LogP contribution in [0.15, 0.2) is 24.3 Å². The molecule has 0 saturated carbocycles. The van der Waals surface area contributed by atoms with Crippen molar-refractivity contribution < 1.29 is 4.79 Å². The number of nitrogens with one attached hydrogen (secondary N) is 1. The fraction of sp³-hybridized carbons (Fsp3) is 0.588. The normalized spacial score (nSPS) is 24.1. The fourth-order valence-corrected chi connectivity index (χ4v) is 3.35. The minimum Gasteiger partial charge on any atom is -0.384 e. The third-order valence-corrected chi connectivity index (χ3v) is 5.27. The molecule has 3 rings (SSSR count). The molecule has 1 N–H and O–H groups in total. The summed E-state index contributed by atoms with van der Waals surface area (Å²) < 4.78 is 0. The van der Waals surface area contributed by atoms with Crippen molar-refractivity contribution in [3.8, 4) is 0 Å². The van der Waals surface area contributed by atoms with Crippen LogP contribution in [-0.2, 0) is 4.79 Å². The zero-order valence-corrected chi connectivity index (χ0v) is 12.5. The molecule has 108 valence electrons. The number of hydrogen-bond donors (Lipinski definition) is 1. The number of fused-ring (bicyclic) bond motifs is 1. The van der Waals surface area contributed by atoms with Crippen LogP contribution in [-0.4, -0.2) is 30.4 Å². The summed E-state index contributed by atoms with van der Waals surface area (Å²) in [7, 11) is 0. The third-order valence-electron chi connectivity index (χ3n) is 5.27. The lowest BCUT2D eigenvalue weighted by atomic mass is 9.78. The number of nitrogens with zero attached hydrogens (tertiary/aromatic N) is 1. The molecule has 1 fully saturated rings. The highest BCUT2D eigenvalue weighted by molar-refractivity contribution is 5.88. The summed E-state index contributed by atoms with van der Waals surface area (Å²) in [6, 6.07) is 8.19. The van der Waals surface area contributed by atoms with Crippen molar-refractivity contribution in [1.29, 1.82) is 0 Å². The van der Waals surface area contributed by atoms with Crippen LogP contribution in [0.2, 0.25) is 0 Å². The van der Waals surface area contributed by atoms with Gasteiger partial charge in [0.2, 0.25) is 5.91 Å². The number of carbonyl (C=O) groups is 1. The van der Waals surface area contributed by atoms with Crippen molar-refractivity contribution in [3.63, 3.8) is 0 Å². The first-order chi connectivity index (χ1) is 9.63. The summed E-state index contributed by atoms with van der Waals surface area (Å²) in [5.74, 6) is 0.317. The Kier molecular flexibility index (Phi) is 3.45. The van der Waals surface area contributed by atoms with E-state index in [1.807, 2.05) is 12.1 Å². The van der Waals surface area contributed by atoms with Crippen molar-refractivity contribution in [3.05, 3.63) is 29.8 Å². The first kappa shape index (κ1) is 13.5. The number of rotatable bonds is 2. The van der Waals surface area contributed by atoms with Gasteiger partial charge in [-0.2, -0.15) is 0 Å². The van der Waals surface area contributed by atoms with Crippen LogP contribution in [0.1, 0.15) is 44.6 Å². The molecule has 1 unspecified atom stereocenters. The largest absolute Gasteiger partial charge is 0.384 e. The van der Waals surface area contributed by atoms with E-state index >= 15 is 0 Å². The molecule has 0 radical (unpaired) electrons. The second-order valence-electron chi connectivity index (χ2n) is 6.51. The van der Waals surface area contributed by atoms with Crippen LogP contribution < -0.4 is 5.32 Å². The predicted octanol–water partition coefficient (Wildman–Crippen LogP) is 3.23. The van der Waals surface area contributed by atoms with Crippen molar-refractivity contribution in [2.24, 2.45) is 5.41 Å². The molecular formula is C17H24N2O. The van der Waals surface area contributed by atoms with Gasteiger partial charge in [0.1, 0.15) is 0 Å². The van der Waals surface area contributed by atoms with Crippen molar-refractivity contribution in [1.82, 2.24) is 4.90 Å². The van der Waals surface area contributed by atoms with Crippen LogP contribution in [0, 0.1) is 5.41 Å². The van der Waals surface area contributed by atoms with Crippen LogP contribution in [0.25, 0.3) is 0 Å². The van der Waals surface area contributed by atoms with Gasteiger partial charge in [-0.3, -0.25) is 4.79 Å². The number of piperidine rings is 1. The Morgan fingerprint density at radius 3 is 2.75 bits per heavy atom. The van der Waals surface area contributed by atoms with Gasteiger partial charge in [-0.05, 0) is 29.9 Å². The number of anilines is 1. The highest BCUT2D eigenvalue weighted by Gasteiger charge is 2.35. The lowest BCUT2D eigenvalue weighted by Crippen LogP contribution is -2.44. The number of carbonyl (C=O) groups excluding carboxylic acids is 1. The Bertz CT molecular complexity index is 503. The molecule has 20 heavy (non-hydrogen) atoms. The number of amides is 1. The van der Waals surface area contributed by atoms with Gasteiger partial charge < -0.3 is 10.2 Å². The minimum atomic E-state index is 0.0113. The van der Waals surface area contributed by atoms with E-state index in [0.29, 0.717) is 11.3 Å². The maximum absolute atomic E-state index is 12.7. The van der Waals surface area contributed by atoms with E-state index in [9.17, 15) is 4.79 Å². The van der Waals surface area contributed by atoms with Crippen LogP contribution in [0.3, 0.4) is 0 Å². The zero-order chi connectivity index (χ0) is 14.2. The number of hydrogen-bond acceptors (Lipinski definition) is 2. The molecule has 1 atom stereocenters.